The summed E-state index contributed by atoms with van der Waals surface area (Å²) in [5.74, 6) is -2.82. The number of hydrogen-bond acceptors (Lipinski definition) is 3. The Morgan fingerprint density at radius 3 is 2.26 bits per heavy atom. The zero-order valence-electron chi connectivity index (χ0n) is 9.27. The fourth-order valence-electron chi connectivity index (χ4n) is 1.35. The minimum Gasteiger partial charge on any atom is -0.258 e. The first kappa shape index (κ1) is 13.4. The summed E-state index contributed by atoms with van der Waals surface area (Å²) < 4.78 is 39.3. The van der Waals surface area contributed by atoms with E-state index in [9.17, 15) is 23.3 Å². The van der Waals surface area contributed by atoms with E-state index >= 15 is 0 Å². The lowest BCUT2D eigenvalue weighted by atomic mass is 10.3. The van der Waals surface area contributed by atoms with Crippen LogP contribution in [0.15, 0.2) is 46.2 Å². The van der Waals surface area contributed by atoms with E-state index in [0.717, 1.165) is 36.0 Å². The van der Waals surface area contributed by atoms with E-state index in [4.69, 9.17) is 0 Å². The van der Waals surface area contributed by atoms with Crippen LogP contribution in [0.4, 0.5) is 18.9 Å². The predicted molar refractivity (Wildman–Crippen MR) is 63.5 cm³/mol. The van der Waals surface area contributed by atoms with Crippen molar-refractivity contribution >= 4 is 17.4 Å². The Kier molecular flexibility index (Phi) is 3.75. The summed E-state index contributed by atoms with van der Waals surface area (Å²) in [5, 5.41) is 10.4. The van der Waals surface area contributed by atoms with Gasteiger partial charge in [-0.15, -0.1) is 0 Å². The standard InChI is InChI=1S/C12H6F3NO2S/c13-9-3-2-8(6-10(9)14)19-12-4-1-7(16(17)18)5-11(12)15/h1-6H. The average Bonchev–Trinajstić information content (AvgIpc) is 2.36. The van der Waals surface area contributed by atoms with Crippen molar-refractivity contribution in [2.45, 2.75) is 9.79 Å². The lowest BCUT2D eigenvalue weighted by molar-refractivity contribution is -0.385. The molecule has 0 radical (unpaired) electrons. The van der Waals surface area contributed by atoms with Gasteiger partial charge in [-0.1, -0.05) is 11.8 Å². The first-order chi connectivity index (χ1) is 8.97. The Bertz CT molecular complexity index is 649. The van der Waals surface area contributed by atoms with Crippen LogP contribution >= 0.6 is 11.8 Å². The largest absolute Gasteiger partial charge is 0.272 e. The van der Waals surface area contributed by atoms with Crippen LogP contribution in [0, 0.1) is 27.6 Å². The maximum Gasteiger partial charge on any atom is 0.272 e. The highest BCUT2D eigenvalue weighted by atomic mass is 32.2. The van der Waals surface area contributed by atoms with E-state index < -0.39 is 22.4 Å². The van der Waals surface area contributed by atoms with Gasteiger partial charge in [0.05, 0.1) is 11.0 Å². The Hall–Kier alpha value is -2.02. The molecular formula is C12H6F3NO2S. The van der Waals surface area contributed by atoms with Crippen molar-refractivity contribution in [3.63, 3.8) is 0 Å². The SMILES string of the molecule is O=[N+]([O-])c1ccc(Sc2ccc(F)c(F)c2)c(F)c1. The van der Waals surface area contributed by atoms with E-state index in [0.29, 0.717) is 4.90 Å². The maximum atomic E-state index is 13.6. The zero-order valence-corrected chi connectivity index (χ0v) is 10.1. The molecule has 0 saturated heterocycles. The summed E-state index contributed by atoms with van der Waals surface area (Å²) in [6, 6.07) is 6.30. The first-order valence-electron chi connectivity index (χ1n) is 5.04. The third-order valence-electron chi connectivity index (χ3n) is 2.25. The molecule has 0 atom stereocenters. The molecule has 0 aliphatic carbocycles. The summed E-state index contributed by atoms with van der Waals surface area (Å²) in [6.07, 6.45) is 0. The van der Waals surface area contributed by atoms with Crippen molar-refractivity contribution in [3.8, 4) is 0 Å². The Morgan fingerprint density at radius 2 is 1.68 bits per heavy atom. The molecule has 2 aromatic rings. The molecule has 2 aromatic carbocycles. The van der Waals surface area contributed by atoms with Crippen LogP contribution in [0.2, 0.25) is 0 Å². The lowest BCUT2D eigenvalue weighted by Crippen LogP contribution is -1.90. The molecule has 3 nitrogen and oxygen atoms in total. The van der Waals surface area contributed by atoms with Gasteiger partial charge in [-0.2, -0.15) is 0 Å². The second-order valence-electron chi connectivity index (χ2n) is 3.55. The highest BCUT2D eigenvalue weighted by molar-refractivity contribution is 7.99. The first-order valence-corrected chi connectivity index (χ1v) is 5.86. The monoisotopic (exact) mass is 285 g/mol. The smallest absolute Gasteiger partial charge is 0.258 e. The molecule has 0 amide bonds. The molecule has 0 N–H and O–H groups in total. The van der Waals surface area contributed by atoms with Crippen LogP contribution in [0.3, 0.4) is 0 Å². The van der Waals surface area contributed by atoms with Crippen molar-refractivity contribution in [2.24, 2.45) is 0 Å². The van der Waals surface area contributed by atoms with E-state index in [2.05, 4.69) is 0 Å². The van der Waals surface area contributed by atoms with E-state index in [1.165, 1.54) is 12.1 Å². The van der Waals surface area contributed by atoms with Crippen LogP contribution in [-0.4, -0.2) is 4.92 Å². The molecule has 0 aliphatic rings. The zero-order chi connectivity index (χ0) is 14.0. The number of non-ortho nitro benzene ring substituents is 1. The number of halogens is 3. The molecular weight excluding hydrogens is 279 g/mol. The Labute approximate surface area is 110 Å². The van der Waals surface area contributed by atoms with Crippen molar-refractivity contribution in [1.29, 1.82) is 0 Å². The Morgan fingerprint density at radius 1 is 0.947 bits per heavy atom. The third kappa shape index (κ3) is 3.05. The van der Waals surface area contributed by atoms with Gasteiger partial charge in [0, 0.05) is 15.9 Å². The molecule has 7 heteroatoms. The number of nitro groups is 1. The number of nitro benzene ring substituents is 1. The number of nitrogens with zero attached hydrogens (tertiary/aromatic N) is 1. The van der Waals surface area contributed by atoms with Crippen LogP contribution in [0.25, 0.3) is 0 Å². The quantitative estimate of drug-likeness (QED) is 0.628. The second kappa shape index (κ2) is 5.31. The van der Waals surface area contributed by atoms with Gasteiger partial charge in [-0.25, -0.2) is 13.2 Å². The fraction of sp³-hybridized carbons (Fsp3) is 0. The summed E-state index contributed by atoms with van der Waals surface area (Å²) in [4.78, 5) is 10.1. The van der Waals surface area contributed by atoms with Gasteiger partial charge in [0.25, 0.3) is 5.69 Å². The molecule has 0 aliphatic heterocycles. The van der Waals surface area contributed by atoms with Crippen LogP contribution in [0.1, 0.15) is 0 Å². The molecule has 19 heavy (non-hydrogen) atoms. The molecule has 0 heterocycles. The van der Waals surface area contributed by atoms with Crippen LogP contribution in [0.5, 0.6) is 0 Å². The highest BCUT2D eigenvalue weighted by Gasteiger charge is 2.12. The van der Waals surface area contributed by atoms with Gasteiger partial charge >= 0.3 is 0 Å². The number of benzene rings is 2. The topological polar surface area (TPSA) is 43.1 Å². The number of hydrogen-bond donors (Lipinski definition) is 0. The van der Waals surface area contributed by atoms with Gasteiger partial charge in [-0.05, 0) is 24.3 Å². The van der Waals surface area contributed by atoms with Crippen molar-refractivity contribution in [2.75, 3.05) is 0 Å². The van der Waals surface area contributed by atoms with Crippen LogP contribution in [-0.2, 0) is 0 Å². The molecule has 0 unspecified atom stereocenters. The summed E-state index contributed by atoms with van der Waals surface area (Å²) in [7, 11) is 0. The van der Waals surface area contributed by atoms with E-state index in [1.54, 1.807) is 0 Å². The van der Waals surface area contributed by atoms with Gasteiger partial charge in [-0.3, -0.25) is 10.1 Å². The Balaban J connectivity index is 2.28. The van der Waals surface area contributed by atoms with Gasteiger partial charge in [0.1, 0.15) is 5.82 Å². The molecule has 0 aromatic heterocycles. The second-order valence-corrected chi connectivity index (χ2v) is 4.67. The average molecular weight is 285 g/mol. The molecule has 0 spiro atoms. The molecule has 98 valence electrons. The molecule has 0 saturated carbocycles. The van der Waals surface area contributed by atoms with E-state index in [-0.39, 0.29) is 10.6 Å². The van der Waals surface area contributed by atoms with Gasteiger partial charge in [0.15, 0.2) is 11.6 Å². The fourth-order valence-corrected chi connectivity index (χ4v) is 2.20. The summed E-state index contributed by atoms with van der Waals surface area (Å²) >= 11 is 0.853. The van der Waals surface area contributed by atoms with Gasteiger partial charge < -0.3 is 0 Å². The minimum absolute atomic E-state index is 0.0941. The number of rotatable bonds is 3. The highest BCUT2D eigenvalue weighted by Crippen LogP contribution is 2.32. The maximum absolute atomic E-state index is 13.6. The predicted octanol–water partition coefficient (Wildman–Crippen LogP) is 4.16. The van der Waals surface area contributed by atoms with Gasteiger partial charge in [0.2, 0.25) is 0 Å². The molecule has 2 rings (SSSR count). The van der Waals surface area contributed by atoms with Crippen molar-refractivity contribution in [1.82, 2.24) is 0 Å². The van der Waals surface area contributed by atoms with Crippen molar-refractivity contribution in [3.05, 3.63) is 64.0 Å². The minimum atomic E-state index is -1.03. The lowest BCUT2D eigenvalue weighted by Gasteiger charge is -2.03. The summed E-state index contributed by atoms with van der Waals surface area (Å²) in [6.45, 7) is 0. The molecule has 0 fully saturated rings. The van der Waals surface area contributed by atoms with E-state index in [1.807, 2.05) is 0 Å². The van der Waals surface area contributed by atoms with Crippen LogP contribution < -0.4 is 0 Å². The van der Waals surface area contributed by atoms with Crippen molar-refractivity contribution < 1.29 is 18.1 Å². The normalized spacial score (nSPS) is 10.5. The summed E-state index contributed by atoms with van der Waals surface area (Å²) in [5.41, 5.74) is -0.368. The molecule has 0 bridgehead atoms. The third-order valence-corrected chi connectivity index (χ3v) is 3.29.